The third-order valence-corrected chi connectivity index (χ3v) is 5.31. The number of benzene rings is 1. The average molecular weight is 434 g/mol. The minimum Gasteiger partial charge on any atom is -0.378 e. The number of nitriles is 1. The number of hydrazone groups is 1. The van der Waals surface area contributed by atoms with Gasteiger partial charge in [-0.15, -0.1) is 0 Å². The van der Waals surface area contributed by atoms with Crippen molar-refractivity contribution >= 4 is 28.4 Å². The van der Waals surface area contributed by atoms with Crippen LogP contribution in [-0.2, 0) is 16.0 Å². The molecule has 166 valence electrons. The summed E-state index contributed by atoms with van der Waals surface area (Å²) in [6, 6.07) is 12.3. The number of aromatic nitrogens is 3. The van der Waals surface area contributed by atoms with Crippen molar-refractivity contribution in [3.8, 4) is 6.07 Å². The van der Waals surface area contributed by atoms with E-state index in [4.69, 9.17) is 19.7 Å². The summed E-state index contributed by atoms with van der Waals surface area (Å²) in [6.07, 6.45) is 2.14. The van der Waals surface area contributed by atoms with Crippen molar-refractivity contribution in [1.82, 2.24) is 14.5 Å². The van der Waals surface area contributed by atoms with Gasteiger partial charge in [0.2, 0.25) is 0 Å². The summed E-state index contributed by atoms with van der Waals surface area (Å²) in [7, 11) is 1.65. The molecule has 0 aliphatic carbocycles. The van der Waals surface area contributed by atoms with Crippen LogP contribution in [0.1, 0.15) is 17.5 Å². The van der Waals surface area contributed by atoms with E-state index in [-0.39, 0.29) is 0 Å². The fraction of sp³-hybridized carbons (Fsp3) is 0.391. The lowest BCUT2D eigenvalue weighted by atomic mass is 10.1. The number of anilines is 2. The quantitative estimate of drug-likeness (QED) is 0.430. The highest BCUT2D eigenvalue weighted by Crippen LogP contribution is 2.28. The number of imidazole rings is 1. The molecule has 0 saturated carbocycles. The highest BCUT2D eigenvalue weighted by molar-refractivity contribution is 6.02. The Balaban J connectivity index is 1.71. The summed E-state index contributed by atoms with van der Waals surface area (Å²) in [6.45, 7) is 5.86. The molecule has 9 heteroatoms. The van der Waals surface area contributed by atoms with Crippen molar-refractivity contribution in [2.45, 2.75) is 19.9 Å². The van der Waals surface area contributed by atoms with Crippen LogP contribution in [0.4, 0.5) is 11.5 Å². The molecule has 0 amide bonds. The lowest BCUT2D eigenvalue weighted by Gasteiger charge is -2.29. The SMILES string of the molecule is COC/C(=N\Nc1cc(N2CCOCC2)c2ncn(CCC#N)c2n1)c1cccc(C)c1. The van der Waals surface area contributed by atoms with Crippen LogP contribution in [0.3, 0.4) is 0 Å². The van der Waals surface area contributed by atoms with Crippen LogP contribution in [0.15, 0.2) is 41.8 Å². The van der Waals surface area contributed by atoms with E-state index in [1.165, 1.54) is 0 Å². The molecular formula is C23H27N7O2. The molecule has 3 heterocycles. The molecule has 4 rings (SSSR count). The number of aryl methyl sites for hydroxylation is 2. The maximum absolute atomic E-state index is 9.01. The van der Waals surface area contributed by atoms with Gasteiger partial charge in [-0.25, -0.2) is 9.97 Å². The van der Waals surface area contributed by atoms with E-state index in [1.54, 1.807) is 13.4 Å². The largest absolute Gasteiger partial charge is 0.378 e. The van der Waals surface area contributed by atoms with E-state index in [0.29, 0.717) is 38.6 Å². The Morgan fingerprint density at radius 1 is 1.31 bits per heavy atom. The monoisotopic (exact) mass is 433 g/mol. The van der Waals surface area contributed by atoms with Crippen molar-refractivity contribution in [2.75, 3.05) is 50.3 Å². The minimum atomic E-state index is 0.370. The van der Waals surface area contributed by atoms with E-state index < -0.39 is 0 Å². The van der Waals surface area contributed by atoms with E-state index in [0.717, 1.165) is 46.8 Å². The number of pyridine rings is 1. The van der Waals surface area contributed by atoms with Crippen molar-refractivity contribution < 1.29 is 9.47 Å². The molecule has 0 bridgehead atoms. The van der Waals surface area contributed by atoms with E-state index in [1.807, 2.05) is 35.8 Å². The second kappa shape index (κ2) is 10.2. The topological polar surface area (TPSA) is 101 Å². The van der Waals surface area contributed by atoms with Crippen LogP contribution >= 0.6 is 0 Å². The number of hydrogen-bond donors (Lipinski definition) is 1. The van der Waals surface area contributed by atoms with E-state index >= 15 is 0 Å². The van der Waals surface area contributed by atoms with Gasteiger partial charge in [0.1, 0.15) is 5.52 Å². The summed E-state index contributed by atoms with van der Waals surface area (Å²) < 4.78 is 12.8. The number of methoxy groups -OCH3 is 1. The number of rotatable bonds is 8. The Bertz CT molecular complexity index is 1140. The summed E-state index contributed by atoms with van der Waals surface area (Å²) in [5, 5.41) is 13.6. The fourth-order valence-electron chi connectivity index (χ4n) is 3.72. The first-order valence-corrected chi connectivity index (χ1v) is 10.6. The number of morpholine rings is 1. The zero-order chi connectivity index (χ0) is 22.3. The van der Waals surface area contributed by atoms with Crippen molar-refractivity contribution in [1.29, 1.82) is 5.26 Å². The summed E-state index contributed by atoms with van der Waals surface area (Å²) in [5.74, 6) is 0.610. The van der Waals surface area contributed by atoms with Crippen LogP contribution in [-0.4, -0.2) is 60.3 Å². The second-order valence-corrected chi connectivity index (χ2v) is 7.62. The minimum absolute atomic E-state index is 0.370. The first-order valence-electron chi connectivity index (χ1n) is 10.6. The van der Waals surface area contributed by atoms with E-state index in [2.05, 4.69) is 32.5 Å². The lowest BCUT2D eigenvalue weighted by Crippen LogP contribution is -2.36. The smallest absolute Gasteiger partial charge is 0.164 e. The van der Waals surface area contributed by atoms with Crippen molar-refractivity contribution in [3.05, 3.63) is 47.8 Å². The van der Waals surface area contributed by atoms with Crippen LogP contribution in [0.2, 0.25) is 0 Å². The van der Waals surface area contributed by atoms with Crippen LogP contribution in [0.25, 0.3) is 11.2 Å². The molecular weight excluding hydrogens is 406 g/mol. The number of fused-ring (bicyclic) bond motifs is 1. The van der Waals surface area contributed by atoms with Crippen LogP contribution < -0.4 is 10.3 Å². The van der Waals surface area contributed by atoms with Gasteiger partial charge in [-0.05, 0) is 6.92 Å². The number of nitrogens with zero attached hydrogens (tertiary/aromatic N) is 6. The van der Waals surface area contributed by atoms with Gasteiger partial charge in [0.05, 0.1) is 50.0 Å². The molecule has 0 spiro atoms. The summed E-state index contributed by atoms with van der Waals surface area (Å²) in [5.41, 5.74) is 8.58. The standard InChI is InChI=1S/C23H27N7O2/c1-17-5-3-6-18(13-17)19(15-31-2)27-28-21-14-20(29-9-11-32-12-10-29)22-23(26-21)30(16-25-22)8-4-7-24/h3,5-6,13-14,16H,4,8-12,15H2,1-2H3,(H,26,28)/b27-19+. The zero-order valence-electron chi connectivity index (χ0n) is 18.4. The van der Waals surface area contributed by atoms with Crippen molar-refractivity contribution in [2.24, 2.45) is 5.10 Å². The third kappa shape index (κ3) is 4.88. The van der Waals surface area contributed by atoms with Gasteiger partial charge in [0.25, 0.3) is 0 Å². The molecule has 1 fully saturated rings. The summed E-state index contributed by atoms with van der Waals surface area (Å²) >= 11 is 0. The number of ether oxygens (including phenoxy) is 2. The molecule has 1 saturated heterocycles. The normalized spacial score (nSPS) is 14.5. The predicted molar refractivity (Wildman–Crippen MR) is 124 cm³/mol. The van der Waals surface area contributed by atoms with E-state index in [9.17, 15) is 0 Å². The molecule has 0 atom stereocenters. The molecule has 32 heavy (non-hydrogen) atoms. The molecule has 1 aliphatic rings. The molecule has 3 aromatic rings. The number of nitrogens with one attached hydrogen (secondary N) is 1. The Hall–Kier alpha value is -3.48. The van der Waals surface area contributed by atoms with Crippen LogP contribution in [0, 0.1) is 18.3 Å². The molecule has 1 N–H and O–H groups in total. The Labute approximate surface area is 187 Å². The number of hydrogen-bond acceptors (Lipinski definition) is 8. The molecule has 1 aliphatic heterocycles. The third-order valence-electron chi connectivity index (χ3n) is 5.31. The summed E-state index contributed by atoms with van der Waals surface area (Å²) in [4.78, 5) is 11.6. The Kier molecular flexibility index (Phi) is 6.94. The zero-order valence-corrected chi connectivity index (χ0v) is 18.4. The Morgan fingerprint density at radius 2 is 2.16 bits per heavy atom. The van der Waals surface area contributed by atoms with Gasteiger partial charge in [-0.3, -0.25) is 5.43 Å². The van der Waals surface area contributed by atoms with Gasteiger partial charge in [0, 0.05) is 38.4 Å². The maximum Gasteiger partial charge on any atom is 0.164 e. The van der Waals surface area contributed by atoms with Gasteiger partial charge in [0.15, 0.2) is 11.5 Å². The van der Waals surface area contributed by atoms with Gasteiger partial charge < -0.3 is 18.9 Å². The van der Waals surface area contributed by atoms with Crippen LogP contribution in [0.5, 0.6) is 0 Å². The fourth-order valence-corrected chi connectivity index (χ4v) is 3.72. The average Bonchev–Trinajstić information content (AvgIpc) is 3.23. The molecule has 2 aromatic heterocycles. The highest BCUT2D eigenvalue weighted by Gasteiger charge is 2.19. The maximum atomic E-state index is 9.01. The first-order chi connectivity index (χ1) is 15.7. The molecule has 9 nitrogen and oxygen atoms in total. The predicted octanol–water partition coefficient (Wildman–Crippen LogP) is 2.95. The van der Waals surface area contributed by atoms with Gasteiger partial charge in [-0.1, -0.05) is 29.8 Å². The van der Waals surface area contributed by atoms with Gasteiger partial charge in [-0.2, -0.15) is 10.4 Å². The molecule has 0 radical (unpaired) electrons. The molecule has 1 aromatic carbocycles. The second-order valence-electron chi connectivity index (χ2n) is 7.62. The Morgan fingerprint density at radius 3 is 2.91 bits per heavy atom. The first kappa shape index (κ1) is 21.7. The lowest BCUT2D eigenvalue weighted by molar-refractivity contribution is 0.123. The molecule has 0 unspecified atom stereocenters. The highest BCUT2D eigenvalue weighted by atomic mass is 16.5. The van der Waals surface area contributed by atoms with Crippen molar-refractivity contribution in [3.63, 3.8) is 0 Å². The van der Waals surface area contributed by atoms with Gasteiger partial charge >= 0.3 is 0 Å².